The summed E-state index contributed by atoms with van der Waals surface area (Å²) < 4.78 is 13.9. The van der Waals surface area contributed by atoms with Crippen LogP contribution in [0.2, 0.25) is 0 Å². The minimum atomic E-state index is -0.551. The predicted molar refractivity (Wildman–Crippen MR) is 76.6 cm³/mol. The van der Waals surface area contributed by atoms with Crippen molar-refractivity contribution in [3.05, 3.63) is 35.1 Å². The molecule has 1 aliphatic carbocycles. The number of benzene rings is 1. The number of nitrogens with two attached hydrogens (primary N) is 1. The Kier molecular flexibility index (Phi) is 4.41. The van der Waals surface area contributed by atoms with E-state index in [-0.39, 0.29) is 23.4 Å². The summed E-state index contributed by atoms with van der Waals surface area (Å²) in [7, 11) is 0. The average Bonchev–Trinajstić information content (AvgIpc) is 2.40. The quantitative estimate of drug-likeness (QED) is 0.829. The Bertz CT molecular complexity index is 568. The molecular weight excluding hydrogens is 255 g/mol. The number of hydrogen-bond donors (Lipinski definition) is 2. The zero-order valence-corrected chi connectivity index (χ0v) is 11.6. The Balaban J connectivity index is 2.02. The van der Waals surface area contributed by atoms with Crippen LogP contribution < -0.4 is 11.1 Å². The Morgan fingerprint density at radius 3 is 2.80 bits per heavy atom. The van der Waals surface area contributed by atoms with Gasteiger partial charge in [-0.25, -0.2) is 4.39 Å². The van der Waals surface area contributed by atoms with Crippen LogP contribution in [-0.4, -0.2) is 19.0 Å². The molecule has 0 radical (unpaired) electrons. The zero-order valence-electron chi connectivity index (χ0n) is 11.6. The summed E-state index contributed by atoms with van der Waals surface area (Å²) in [6, 6.07) is 4.36. The first-order valence-corrected chi connectivity index (χ1v) is 6.81. The Hall–Kier alpha value is -1.86. The van der Waals surface area contributed by atoms with Crippen LogP contribution in [0, 0.1) is 23.1 Å². The zero-order chi connectivity index (χ0) is 14.6. The summed E-state index contributed by atoms with van der Waals surface area (Å²) in [6.45, 7) is 2.96. The molecule has 1 aromatic carbocycles. The fourth-order valence-corrected chi connectivity index (χ4v) is 2.28. The molecule has 0 unspecified atom stereocenters. The predicted octanol–water partition coefficient (Wildman–Crippen LogP) is 2.06. The van der Waals surface area contributed by atoms with E-state index >= 15 is 0 Å². The van der Waals surface area contributed by atoms with E-state index in [0.717, 1.165) is 12.8 Å². The van der Waals surface area contributed by atoms with Gasteiger partial charge in [0.15, 0.2) is 0 Å². The summed E-state index contributed by atoms with van der Waals surface area (Å²) in [6.07, 6.45) is 3.43. The highest BCUT2D eigenvalue weighted by molar-refractivity contribution is 5.94. The Labute approximate surface area is 118 Å². The molecule has 0 bridgehead atoms. The molecule has 0 heterocycles. The van der Waals surface area contributed by atoms with E-state index in [4.69, 9.17) is 5.73 Å². The Morgan fingerprint density at radius 1 is 1.50 bits per heavy atom. The third-order valence-electron chi connectivity index (χ3n) is 3.78. The summed E-state index contributed by atoms with van der Waals surface area (Å²) in [5.74, 6) is 4.47. The first kappa shape index (κ1) is 14.5. The molecule has 4 heteroatoms. The van der Waals surface area contributed by atoms with Crippen molar-refractivity contribution in [1.82, 2.24) is 5.32 Å². The molecule has 0 aromatic heterocycles. The molecule has 2 rings (SSSR count). The molecule has 1 amide bonds. The second-order valence-electron chi connectivity index (χ2n) is 5.55. The molecule has 106 valence electrons. The SMILES string of the molecule is CC1(CNC(=O)c2ccc(C#CCN)cc2F)CCC1. The van der Waals surface area contributed by atoms with Gasteiger partial charge in [0.25, 0.3) is 5.91 Å². The topological polar surface area (TPSA) is 55.1 Å². The number of halogens is 1. The number of rotatable bonds is 3. The number of hydrogen-bond acceptors (Lipinski definition) is 2. The van der Waals surface area contributed by atoms with Gasteiger partial charge in [-0.3, -0.25) is 4.79 Å². The maximum Gasteiger partial charge on any atom is 0.254 e. The molecule has 20 heavy (non-hydrogen) atoms. The summed E-state index contributed by atoms with van der Waals surface area (Å²) in [5, 5.41) is 2.81. The third kappa shape index (κ3) is 3.37. The monoisotopic (exact) mass is 274 g/mol. The second kappa shape index (κ2) is 6.06. The summed E-state index contributed by atoms with van der Waals surface area (Å²) in [4.78, 5) is 12.0. The fraction of sp³-hybridized carbons (Fsp3) is 0.438. The molecule has 1 aliphatic rings. The van der Waals surface area contributed by atoms with Gasteiger partial charge in [-0.2, -0.15) is 0 Å². The molecule has 0 aliphatic heterocycles. The minimum absolute atomic E-state index is 0.0613. The third-order valence-corrected chi connectivity index (χ3v) is 3.78. The standard InChI is InChI=1S/C16H19FN2O/c1-16(7-3-8-16)11-19-15(20)13-6-5-12(4-2-9-18)10-14(13)17/h5-6,10H,3,7-9,11,18H2,1H3,(H,19,20). The lowest BCUT2D eigenvalue weighted by Crippen LogP contribution is -2.40. The van der Waals surface area contributed by atoms with Crippen molar-refractivity contribution >= 4 is 5.91 Å². The van der Waals surface area contributed by atoms with E-state index in [1.165, 1.54) is 18.6 Å². The van der Waals surface area contributed by atoms with Crippen LogP contribution in [0.5, 0.6) is 0 Å². The van der Waals surface area contributed by atoms with E-state index in [9.17, 15) is 9.18 Å². The lowest BCUT2D eigenvalue weighted by molar-refractivity contribution is 0.0887. The van der Waals surface area contributed by atoms with Crippen molar-refractivity contribution in [2.45, 2.75) is 26.2 Å². The van der Waals surface area contributed by atoms with Crippen LogP contribution in [0.4, 0.5) is 4.39 Å². The smallest absolute Gasteiger partial charge is 0.254 e. The van der Waals surface area contributed by atoms with Crippen molar-refractivity contribution < 1.29 is 9.18 Å². The van der Waals surface area contributed by atoms with Gasteiger partial charge in [-0.15, -0.1) is 0 Å². The van der Waals surface area contributed by atoms with Crippen molar-refractivity contribution in [2.24, 2.45) is 11.1 Å². The normalized spacial score (nSPS) is 15.8. The van der Waals surface area contributed by atoms with Crippen LogP contribution >= 0.6 is 0 Å². The van der Waals surface area contributed by atoms with Gasteiger partial charge in [-0.05, 0) is 36.5 Å². The molecule has 3 nitrogen and oxygen atoms in total. The van der Waals surface area contributed by atoms with Gasteiger partial charge in [0, 0.05) is 12.1 Å². The number of amides is 1. The lowest BCUT2D eigenvalue weighted by atomic mass is 9.70. The largest absolute Gasteiger partial charge is 0.351 e. The van der Waals surface area contributed by atoms with Gasteiger partial charge in [0.1, 0.15) is 5.82 Å². The van der Waals surface area contributed by atoms with Crippen molar-refractivity contribution in [2.75, 3.05) is 13.1 Å². The van der Waals surface area contributed by atoms with Crippen molar-refractivity contribution in [3.8, 4) is 11.8 Å². The molecule has 0 spiro atoms. The highest BCUT2D eigenvalue weighted by Gasteiger charge is 2.32. The maximum absolute atomic E-state index is 13.9. The van der Waals surface area contributed by atoms with Crippen LogP contribution in [0.15, 0.2) is 18.2 Å². The number of nitrogens with one attached hydrogen (secondary N) is 1. The van der Waals surface area contributed by atoms with Gasteiger partial charge < -0.3 is 11.1 Å². The molecule has 0 atom stereocenters. The maximum atomic E-state index is 13.9. The van der Waals surface area contributed by atoms with Crippen LogP contribution in [-0.2, 0) is 0 Å². The van der Waals surface area contributed by atoms with Gasteiger partial charge >= 0.3 is 0 Å². The van der Waals surface area contributed by atoms with Crippen LogP contribution in [0.1, 0.15) is 42.1 Å². The van der Waals surface area contributed by atoms with Gasteiger partial charge in [0.05, 0.1) is 12.1 Å². The van der Waals surface area contributed by atoms with Crippen molar-refractivity contribution in [1.29, 1.82) is 0 Å². The van der Waals surface area contributed by atoms with E-state index in [1.807, 2.05) is 0 Å². The van der Waals surface area contributed by atoms with Crippen LogP contribution in [0.25, 0.3) is 0 Å². The molecule has 1 saturated carbocycles. The van der Waals surface area contributed by atoms with Gasteiger partial charge in [0.2, 0.25) is 0 Å². The second-order valence-corrected chi connectivity index (χ2v) is 5.55. The molecule has 1 fully saturated rings. The average molecular weight is 274 g/mol. The number of carbonyl (C=O) groups excluding carboxylic acids is 1. The Morgan fingerprint density at radius 2 is 2.25 bits per heavy atom. The molecule has 3 N–H and O–H groups in total. The van der Waals surface area contributed by atoms with E-state index in [1.54, 1.807) is 6.07 Å². The van der Waals surface area contributed by atoms with E-state index < -0.39 is 5.82 Å². The highest BCUT2D eigenvalue weighted by atomic mass is 19.1. The fourth-order valence-electron chi connectivity index (χ4n) is 2.28. The first-order chi connectivity index (χ1) is 9.54. The van der Waals surface area contributed by atoms with Gasteiger partial charge in [-0.1, -0.05) is 25.2 Å². The van der Waals surface area contributed by atoms with Crippen LogP contribution in [0.3, 0.4) is 0 Å². The summed E-state index contributed by atoms with van der Waals surface area (Å²) in [5.41, 5.74) is 6.02. The lowest BCUT2D eigenvalue weighted by Gasteiger charge is -2.38. The van der Waals surface area contributed by atoms with E-state index in [2.05, 4.69) is 24.1 Å². The summed E-state index contributed by atoms with van der Waals surface area (Å²) >= 11 is 0. The highest BCUT2D eigenvalue weighted by Crippen LogP contribution is 2.39. The first-order valence-electron chi connectivity index (χ1n) is 6.81. The number of carbonyl (C=O) groups is 1. The molecular formula is C16H19FN2O. The minimum Gasteiger partial charge on any atom is -0.351 e. The van der Waals surface area contributed by atoms with E-state index in [0.29, 0.717) is 12.1 Å². The molecule has 1 aromatic rings. The molecule has 0 saturated heterocycles. The van der Waals surface area contributed by atoms with Crippen molar-refractivity contribution in [3.63, 3.8) is 0 Å².